The molecule has 2 aromatic heterocycles. The van der Waals surface area contributed by atoms with Crippen molar-refractivity contribution in [1.82, 2.24) is 14.5 Å². The fourth-order valence-electron chi connectivity index (χ4n) is 3.89. The van der Waals surface area contributed by atoms with Crippen molar-refractivity contribution in [2.45, 2.75) is 6.92 Å². The zero-order valence-electron chi connectivity index (χ0n) is 16.1. The fourth-order valence-corrected chi connectivity index (χ4v) is 4.02. The summed E-state index contributed by atoms with van der Waals surface area (Å²) in [5, 5.41) is 0.692. The first-order valence-corrected chi connectivity index (χ1v) is 9.78. The van der Waals surface area contributed by atoms with Gasteiger partial charge in [0.15, 0.2) is 0 Å². The Labute approximate surface area is 170 Å². The normalized spacial score (nSPS) is 14.4. The molecule has 0 unspecified atom stereocenters. The maximum atomic E-state index is 13.4. The molecule has 6 heteroatoms. The summed E-state index contributed by atoms with van der Waals surface area (Å²) in [5.74, 6) is 0.0786. The van der Waals surface area contributed by atoms with E-state index in [0.717, 1.165) is 41.2 Å². The summed E-state index contributed by atoms with van der Waals surface area (Å²) in [5.41, 5.74) is 4.97. The Morgan fingerprint density at radius 2 is 1.64 bits per heavy atom. The van der Waals surface area contributed by atoms with Crippen molar-refractivity contribution in [2.75, 3.05) is 31.1 Å². The molecular formula is C22H23ClN4O. The molecule has 0 spiro atoms. The molecule has 3 heterocycles. The Morgan fingerprint density at radius 3 is 2.29 bits per heavy atom. The molecule has 4 rings (SSSR count). The van der Waals surface area contributed by atoms with E-state index in [1.807, 2.05) is 66.0 Å². The number of hydrogen-bond acceptors (Lipinski definition) is 3. The SMILES string of the molecule is Cc1cn(C)c(C(=O)N2CCN(c3ccncc3)CC2)c1-c1ccc(Cl)cc1. The smallest absolute Gasteiger partial charge is 0.271 e. The molecule has 0 saturated carbocycles. The average molecular weight is 395 g/mol. The third-order valence-corrected chi connectivity index (χ3v) is 5.55. The van der Waals surface area contributed by atoms with E-state index in [1.165, 1.54) is 0 Å². The van der Waals surface area contributed by atoms with Gasteiger partial charge >= 0.3 is 0 Å². The van der Waals surface area contributed by atoms with Crippen molar-refractivity contribution in [2.24, 2.45) is 7.05 Å². The second-order valence-corrected chi connectivity index (χ2v) is 7.57. The van der Waals surface area contributed by atoms with Gasteiger partial charge in [0.25, 0.3) is 5.91 Å². The predicted molar refractivity (Wildman–Crippen MR) is 113 cm³/mol. The zero-order chi connectivity index (χ0) is 19.7. The first kappa shape index (κ1) is 18.6. The monoisotopic (exact) mass is 394 g/mol. The van der Waals surface area contributed by atoms with Crippen molar-refractivity contribution in [3.05, 3.63) is 71.3 Å². The van der Waals surface area contributed by atoms with Crippen LogP contribution >= 0.6 is 11.6 Å². The second-order valence-electron chi connectivity index (χ2n) is 7.14. The number of pyridine rings is 1. The lowest BCUT2D eigenvalue weighted by Crippen LogP contribution is -2.49. The number of anilines is 1. The molecule has 0 N–H and O–H groups in total. The first-order chi connectivity index (χ1) is 13.5. The first-order valence-electron chi connectivity index (χ1n) is 9.40. The third kappa shape index (κ3) is 3.50. The number of benzene rings is 1. The molecule has 0 atom stereocenters. The number of aryl methyl sites for hydroxylation is 2. The lowest BCUT2D eigenvalue weighted by Gasteiger charge is -2.36. The molecular weight excluding hydrogens is 372 g/mol. The highest BCUT2D eigenvalue weighted by Crippen LogP contribution is 2.31. The Bertz CT molecular complexity index is 974. The molecule has 0 radical (unpaired) electrons. The molecule has 1 aromatic carbocycles. The zero-order valence-corrected chi connectivity index (χ0v) is 16.9. The van der Waals surface area contributed by atoms with E-state index in [0.29, 0.717) is 18.1 Å². The van der Waals surface area contributed by atoms with E-state index in [1.54, 1.807) is 12.4 Å². The summed E-state index contributed by atoms with van der Waals surface area (Å²) in [4.78, 5) is 21.7. The standard InChI is InChI=1S/C22H23ClN4O/c1-16-15-25(2)21(20(16)17-3-5-18(23)6-4-17)22(28)27-13-11-26(12-14-27)19-7-9-24-10-8-19/h3-10,15H,11-14H2,1-2H3. The minimum absolute atomic E-state index is 0.0786. The Balaban J connectivity index is 1.57. The molecule has 28 heavy (non-hydrogen) atoms. The van der Waals surface area contributed by atoms with Crippen LogP contribution in [0.5, 0.6) is 0 Å². The number of halogens is 1. The van der Waals surface area contributed by atoms with Crippen LogP contribution in [-0.4, -0.2) is 46.5 Å². The van der Waals surface area contributed by atoms with Crippen LogP contribution in [0.15, 0.2) is 55.0 Å². The minimum atomic E-state index is 0.0786. The summed E-state index contributed by atoms with van der Waals surface area (Å²) >= 11 is 6.04. The molecule has 144 valence electrons. The summed E-state index contributed by atoms with van der Waals surface area (Å²) in [7, 11) is 1.94. The molecule has 0 aliphatic carbocycles. The number of carbonyl (C=O) groups excluding carboxylic acids is 1. The van der Waals surface area contributed by atoms with Crippen LogP contribution in [-0.2, 0) is 7.05 Å². The summed E-state index contributed by atoms with van der Waals surface area (Å²) < 4.78 is 1.94. The maximum Gasteiger partial charge on any atom is 0.271 e. The minimum Gasteiger partial charge on any atom is -0.368 e. The largest absolute Gasteiger partial charge is 0.368 e. The van der Waals surface area contributed by atoms with Gasteiger partial charge < -0.3 is 14.4 Å². The van der Waals surface area contributed by atoms with Gasteiger partial charge in [0.05, 0.1) is 0 Å². The number of rotatable bonds is 3. The van der Waals surface area contributed by atoms with Gasteiger partial charge in [-0.3, -0.25) is 9.78 Å². The summed E-state index contributed by atoms with van der Waals surface area (Å²) in [6.45, 7) is 5.07. The van der Waals surface area contributed by atoms with Crippen molar-refractivity contribution < 1.29 is 4.79 Å². The van der Waals surface area contributed by atoms with Crippen LogP contribution in [0.3, 0.4) is 0 Å². The fraction of sp³-hybridized carbons (Fsp3) is 0.273. The Kier molecular flexibility index (Phi) is 5.09. The van der Waals surface area contributed by atoms with Gasteiger partial charge in [0.2, 0.25) is 0 Å². The molecule has 3 aromatic rings. The van der Waals surface area contributed by atoms with Gasteiger partial charge in [-0.15, -0.1) is 0 Å². The quantitative estimate of drug-likeness (QED) is 0.674. The Hall–Kier alpha value is -2.79. The highest BCUT2D eigenvalue weighted by molar-refractivity contribution is 6.30. The number of hydrogen-bond donors (Lipinski definition) is 0. The van der Waals surface area contributed by atoms with Gasteiger partial charge in [-0.05, 0) is 42.3 Å². The Morgan fingerprint density at radius 1 is 1.00 bits per heavy atom. The van der Waals surface area contributed by atoms with E-state index < -0.39 is 0 Å². The highest BCUT2D eigenvalue weighted by Gasteiger charge is 2.27. The molecule has 1 aliphatic rings. The number of amides is 1. The van der Waals surface area contributed by atoms with Gasteiger partial charge in [-0.1, -0.05) is 23.7 Å². The van der Waals surface area contributed by atoms with Gasteiger partial charge in [0, 0.05) is 68.1 Å². The summed E-state index contributed by atoms with van der Waals surface area (Å²) in [6, 6.07) is 11.7. The predicted octanol–water partition coefficient (Wildman–Crippen LogP) is 4.01. The van der Waals surface area contributed by atoms with Crippen molar-refractivity contribution in [3.8, 4) is 11.1 Å². The number of carbonyl (C=O) groups is 1. The van der Waals surface area contributed by atoms with Crippen molar-refractivity contribution >= 4 is 23.2 Å². The van der Waals surface area contributed by atoms with Crippen LogP contribution in [0.25, 0.3) is 11.1 Å². The summed E-state index contributed by atoms with van der Waals surface area (Å²) in [6.07, 6.45) is 5.63. The van der Waals surface area contributed by atoms with E-state index in [2.05, 4.69) is 9.88 Å². The maximum absolute atomic E-state index is 13.4. The van der Waals surface area contributed by atoms with Crippen LogP contribution in [0.1, 0.15) is 16.1 Å². The van der Waals surface area contributed by atoms with Crippen LogP contribution in [0.4, 0.5) is 5.69 Å². The van der Waals surface area contributed by atoms with E-state index >= 15 is 0 Å². The molecule has 0 bridgehead atoms. The number of piperazine rings is 1. The van der Waals surface area contributed by atoms with Gasteiger partial charge in [0.1, 0.15) is 5.69 Å². The van der Waals surface area contributed by atoms with Gasteiger partial charge in [-0.2, -0.15) is 0 Å². The van der Waals surface area contributed by atoms with E-state index in [9.17, 15) is 4.79 Å². The second kappa shape index (κ2) is 7.68. The number of nitrogens with zero attached hydrogens (tertiary/aromatic N) is 4. The number of aromatic nitrogens is 2. The average Bonchev–Trinajstić information content (AvgIpc) is 3.02. The van der Waals surface area contributed by atoms with E-state index in [4.69, 9.17) is 11.6 Å². The molecule has 5 nitrogen and oxygen atoms in total. The molecule has 1 amide bonds. The molecule has 1 fully saturated rings. The van der Waals surface area contributed by atoms with Crippen molar-refractivity contribution in [1.29, 1.82) is 0 Å². The topological polar surface area (TPSA) is 41.4 Å². The van der Waals surface area contributed by atoms with Crippen LogP contribution in [0.2, 0.25) is 5.02 Å². The molecule has 1 aliphatic heterocycles. The lowest BCUT2D eigenvalue weighted by molar-refractivity contribution is 0.0738. The van der Waals surface area contributed by atoms with E-state index in [-0.39, 0.29) is 5.91 Å². The third-order valence-electron chi connectivity index (χ3n) is 5.30. The van der Waals surface area contributed by atoms with Gasteiger partial charge in [-0.25, -0.2) is 0 Å². The van der Waals surface area contributed by atoms with Crippen LogP contribution < -0.4 is 4.90 Å². The lowest BCUT2D eigenvalue weighted by atomic mass is 10.0. The highest BCUT2D eigenvalue weighted by atomic mass is 35.5. The van der Waals surface area contributed by atoms with Crippen LogP contribution in [0, 0.1) is 6.92 Å². The van der Waals surface area contributed by atoms with Crippen molar-refractivity contribution in [3.63, 3.8) is 0 Å². The molecule has 1 saturated heterocycles.